The van der Waals surface area contributed by atoms with Gasteiger partial charge in [0.1, 0.15) is 0 Å². The van der Waals surface area contributed by atoms with Gasteiger partial charge in [0.05, 0.1) is 0 Å². The molecule has 0 radical (unpaired) electrons. The highest BCUT2D eigenvalue weighted by Crippen LogP contribution is 2.24. The summed E-state index contributed by atoms with van der Waals surface area (Å²) in [5, 5.41) is 3.66. The van der Waals surface area contributed by atoms with E-state index in [1.165, 1.54) is 69.4 Å². The molecule has 1 aliphatic heterocycles. The summed E-state index contributed by atoms with van der Waals surface area (Å²) in [6, 6.07) is 9.50. The molecule has 0 bridgehead atoms. The second-order valence-electron chi connectivity index (χ2n) is 6.14. The Bertz CT molecular complexity index is 383. The van der Waals surface area contributed by atoms with Gasteiger partial charge < -0.3 is 10.2 Å². The largest absolute Gasteiger partial charge is 0.383 e. The maximum Gasteiger partial charge on any atom is 0.0386 e. The minimum Gasteiger partial charge on any atom is -0.383 e. The van der Waals surface area contributed by atoms with Crippen LogP contribution in [0.2, 0.25) is 0 Å². The third kappa shape index (κ3) is 4.73. The van der Waals surface area contributed by atoms with Crippen LogP contribution in [0.1, 0.15) is 58.8 Å². The van der Waals surface area contributed by atoms with Gasteiger partial charge in [-0.25, -0.2) is 0 Å². The van der Waals surface area contributed by atoms with Crippen molar-refractivity contribution < 1.29 is 0 Å². The third-order valence-electron chi connectivity index (χ3n) is 4.22. The molecule has 1 unspecified atom stereocenters. The van der Waals surface area contributed by atoms with Crippen molar-refractivity contribution >= 4 is 11.4 Å². The van der Waals surface area contributed by atoms with Crippen LogP contribution in [0.5, 0.6) is 0 Å². The van der Waals surface area contributed by atoms with Gasteiger partial charge in [0.2, 0.25) is 0 Å². The topological polar surface area (TPSA) is 15.3 Å². The zero-order chi connectivity index (χ0) is 14.2. The first-order valence-corrected chi connectivity index (χ1v) is 8.41. The molecule has 1 aromatic carbocycles. The van der Waals surface area contributed by atoms with Crippen LogP contribution in [0.4, 0.5) is 11.4 Å². The first kappa shape index (κ1) is 15.2. The molecule has 0 aliphatic carbocycles. The van der Waals surface area contributed by atoms with E-state index in [4.69, 9.17) is 0 Å². The average Bonchev–Trinajstić information content (AvgIpc) is 2.98. The molecule has 1 N–H and O–H groups in total. The molecule has 1 aromatic rings. The smallest absolute Gasteiger partial charge is 0.0386 e. The molecule has 0 amide bonds. The van der Waals surface area contributed by atoms with Crippen molar-refractivity contribution in [3.8, 4) is 0 Å². The van der Waals surface area contributed by atoms with Crippen LogP contribution in [0.25, 0.3) is 0 Å². The van der Waals surface area contributed by atoms with E-state index >= 15 is 0 Å². The third-order valence-corrected chi connectivity index (χ3v) is 4.22. The van der Waals surface area contributed by atoms with Crippen LogP contribution in [0, 0.1) is 0 Å². The van der Waals surface area contributed by atoms with Crippen molar-refractivity contribution in [2.45, 2.75) is 64.8 Å². The Hall–Kier alpha value is -1.18. The maximum absolute atomic E-state index is 3.66. The number of hydrogen-bond acceptors (Lipinski definition) is 2. The van der Waals surface area contributed by atoms with Crippen molar-refractivity contribution in [2.75, 3.05) is 23.3 Å². The highest BCUT2D eigenvalue weighted by molar-refractivity contribution is 5.58. The average molecular weight is 274 g/mol. The Morgan fingerprint density at radius 3 is 2.70 bits per heavy atom. The fraction of sp³-hybridized carbons (Fsp3) is 0.667. The lowest BCUT2D eigenvalue weighted by Crippen LogP contribution is -2.18. The van der Waals surface area contributed by atoms with E-state index in [0.29, 0.717) is 6.04 Å². The number of benzene rings is 1. The van der Waals surface area contributed by atoms with E-state index in [1.54, 1.807) is 0 Å². The summed E-state index contributed by atoms with van der Waals surface area (Å²) in [5.41, 5.74) is 2.66. The molecule has 2 nitrogen and oxygen atoms in total. The lowest BCUT2D eigenvalue weighted by Gasteiger charge is -2.20. The van der Waals surface area contributed by atoms with E-state index < -0.39 is 0 Å². The number of anilines is 2. The highest BCUT2D eigenvalue weighted by Gasteiger charge is 2.12. The van der Waals surface area contributed by atoms with Crippen molar-refractivity contribution in [3.63, 3.8) is 0 Å². The van der Waals surface area contributed by atoms with Crippen molar-refractivity contribution in [1.82, 2.24) is 0 Å². The summed E-state index contributed by atoms with van der Waals surface area (Å²) in [5.74, 6) is 0. The quantitative estimate of drug-likeness (QED) is 0.667. The van der Waals surface area contributed by atoms with Gasteiger partial charge in [0.15, 0.2) is 0 Å². The summed E-state index contributed by atoms with van der Waals surface area (Å²) in [6.07, 6.45) is 9.35. The standard InChI is InChI=1S/C18H30N2/c1-3-4-5-6-10-16(2)19-17-11-9-12-18(15-17)20-13-7-8-14-20/h9,11-12,15-16,19H,3-8,10,13-14H2,1-2H3. The summed E-state index contributed by atoms with van der Waals surface area (Å²) >= 11 is 0. The maximum atomic E-state index is 3.66. The molecule has 2 heteroatoms. The van der Waals surface area contributed by atoms with Gasteiger partial charge in [-0.1, -0.05) is 38.7 Å². The molecular weight excluding hydrogens is 244 g/mol. The molecular formula is C18H30N2. The second kappa shape index (κ2) is 8.18. The first-order valence-electron chi connectivity index (χ1n) is 8.41. The van der Waals surface area contributed by atoms with Crippen molar-refractivity contribution in [2.24, 2.45) is 0 Å². The fourth-order valence-corrected chi connectivity index (χ4v) is 3.00. The molecule has 1 fully saturated rings. The molecule has 112 valence electrons. The van der Waals surface area contributed by atoms with E-state index in [-0.39, 0.29) is 0 Å². The molecule has 1 heterocycles. The fourth-order valence-electron chi connectivity index (χ4n) is 3.00. The van der Waals surface area contributed by atoms with Gasteiger partial charge in [-0.2, -0.15) is 0 Å². The van der Waals surface area contributed by atoms with E-state index in [9.17, 15) is 0 Å². The van der Waals surface area contributed by atoms with Crippen LogP contribution >= 0.6 is 0 Å². The van der Waals surface area contributed by atoms with Gasteiger partial charge in [0, 0.05) is 30.5 Å². The summed E-state index contributed by atoms with van der Waals surface area (Å²) in [4.78, 5) is 2.50. The van der Waals surface area contributed by atoms with Crippen LogP contribution in [0.15, 0.2) is 24.3 Å². The van der Waals surface area contributed by atoms with E-state index in [0.717, 1.165) is 0 Å². The summed E-state index contributed by atoms with van der Waals surface area (Å²) < 4.78 is 0. The Kier molecular flexibility index (Phi) is 6.23. The normalized spacial score (nSPS) is 16.4. The van der Waals surface area contributed by atoms with Crippen LogP contribution < -0.4 is 10.2 Å². The van der Waals surface area contributed by atoms with Crippen LogP contribution in [-0.2, 0) is 0 Å². The molecule has 20 heavy (non-hydrogen) atoms. The SMILES string of the molecule is CCCCCCC(C)Nc1cccc(N2CCCC2)c1. The van der Waals surface area contributed by atoms with Crippen LogP contribution in [-0.4, -0.2) is 19.1 Å². The Balaban J connectivity index is 1.81. The molecule has 0 spiro atoms. The lowest BCUT2D eigenvalue weighted by molar-refractivity contribution is 0.594. The Morgan fingerprint density at radius 2 is 1.95 bits per heavy atom. The molecule has 1 atom stereocenters. The van der Waals surface area contributed by atoms with Crippen molar-refractivity contribution in [1.29, 1.82) is 0 Å². The summed E-state index contributed by atoms with van der Waals surface area (Å²) in [6.45, 7) is 7.01. The molecule has 1 saturated heterocycles. The highest BCUT2D eigenvalue weighted by atomic mass is 15.1. The minimum atomic E-state index is 0.570. The van der Waals surface area contributed by atoms with Crippen molar-refractivity contribution in [3.05, 3.63) is 24.3 Å². The molecule has 1 aliphatic rings. The number of unbranched alkanes of at least 4 members (excludes halogenated alkanes) is 3. The second-order valence-corrected chi connectivity index (χ2v) is 6.14. The molecule has 0 aromatic heterocycles. The van der Waals surface area contributed by atoms with E-state index in [2.05, 4.69) is 48.3 Å². The monoisotopic (exact) mass is 274 g/mol. The first-order chi connectivity index (χ1) is 9.79. The zero-order valence-corrected chi connectivity index (χ0v) is 13.2. The van der Waals surface area contributed by atoms with Gasteiger partial charge in [-0.15, -0.1) is 0 Å². The van der Waals surface area contributed by atoms with Gasteiger partial charge >= 0.3 is 0 Å². The Morgan fingerprint density at radius 1 is 1.15 bits per heavy atom. The minimum absolute atomic E-state index is 0.570. The van der Waals surface area contributed by atoms with Gasteiger partial charge in [-0.3, -0.25) is 0 Å². The van der Waals surface area contributed by atoms with E-state index in [1.807, 2.05) is 0 Å². The Labute approximate surface area is 124 Å². The molecule has 0 saturated carbocycles. The number of nitrogens with one attached hydrogen (secondary N) is 1. The number of hydrogen-bond donors (Lipinski definition) is 1. The predicted octanol–water partition coefficient (Wildman–Crippen LogP) is 5.06. The zero-order valence-electron chi connectivity index (χ0n) is 13.2. The van der Waals surface area contributed by atoms with Gasteiger partial charge in [0.25, 0.3) is 0 Å². The number of nitrogens with zero attached hydrogens (tertiary/aromatic N) is 1. The van der Waals surface area contributed by atoms with Gasteiger partial charge in [-0.05, 0) is 44.4 Å². The summed E-state index contributed by atoms with van der Waals surface area (Å²) in [7, 11) is 0. The predicted molar refractivity (Wildman–Crippen MR) is 89.7 cm³/mol. The van der Waals surface area contributed by atoms with Crippen LogP contribution in [0.3, 0.4) is 0 Å². The molecule has 2 rings (SSSR count). The lowest BCUT2D eigenvalue weighted by atomic mass is 10.1. The number of rotatable bonds is 8.